The van der Waals surface area contributed by atoms with Gasteiger partial charge in [-0.05, 0) is 93.7 Å². The second-order valence-corrected chi connectivity index (χ2v) is 15.2. The Morgan fingerprint density at radius 1 is 0.784 bits per heavy atom. The largest absolute Gasteiger partial charge is 0.215 e. The summed E-state index contributed by atoms with van der Waals surface area (Å²) in [4.78, 5) is 0. The minimum atomic E-state index is -3.30. The van der Waals surface area contributed by atoms with E-state index in [-0.39, 0.29) is 5.75 Å². The van der Waals surface area contributed by atoms with Crippen molar-refractivity contribution in [3.8, 4) is 0 Å². The molecule has 1 aliphatic rings. The smallest absolute Gasteiger partial charge is 0.213 e. The topological polar surface area (TPSA) is 92.3 Å². The van der Waals surface area contributed by atoms with Crippen molar-refractivity contribution >= 4 is 20.0 Å². The van der Waals surface area contributed by atoms with Gasteiger partial charge >= 0.3 is 0 Å². The molecule has 1 saturated carbocycles. The number of benzene rings is 2. The average Bonchev–Trinajstić information content (AvgIpc) is 2.87. The molecule has 0 aromatic heterocycles. The van der Waals surface area contributed by atoms with Crippen LogP contribution in [0.5, 0.6) is 0 Å². The number of hydrogen-bond donors (Lipinski definition) is 2. The molecule has 8 heteroatoms. The molecule has 0 amide bonds. The van der Waals surface area contributed by atoms with Gasteiger partial charge in [-0.15, -0.1) is 0 Å². The van der Waals surface area contributed by atoms with Crippen LogP contribution < -0.4 is 9.44 Å². The molecule has 1 unspecified atom stereocenters. The maximum Gasteiger partial charge on any atom is 0.213 e. The van der Waals surface area contributed by atoms with Crippen LogP contribution in [0.1, 0.15) is 74.6 Å². The number of sulfonamides is 2. The van der Waals surface area contributed by atoms with Crippen molar-refractivity contribution in [3.05, 3.63) is 70.8 Å². The molecule has 0 heterocycles. The Morgan fingerprint density at radius 3 is 1.95 bits per heavy atom. The van der Waals surface area contributed by atoms with E-state index in [1.807, 2.05) is 31.2 Å². The quantitative estimate of drug-likeness (QED) is 0.371. The van der Waals surface area contributed by atoms with Crippen LogP contribution in [0, 0.1) is 18.8 Å². The van der Waals surface area contributed by atoms with Crippen molar-refractivity contribution in [1.29, 1.82) is 0 Å². The Hall–Kier alpha value is -1.74. The molecule has 1 aliphatic carbocycles. The number of aryl methyl sites for hydroxylation is 2. The summed E-state index contributed by atoms with van der Waals surface area (Å²) in [7, 11) is -6.51. The van der Waals surface area contributed by atoms with Gasteiger partial charge in [0.25, 0.3) is 0 Å². The molecule has 37 heavy (non-hydrogen) atoms. The molecule has 1 atom stereocenters. The maximum absolute atomic E-state index is 12.4. The summed E-state index contributed by atoms with van der Waals surface area (Å²) in [6.45, 7) is 8.50. The van der Waals surface area contributed by atoms with E-state index in [0.29, 0.717) is 43.7 Å². The van der Waals surface area contributed by atoms with Gasteiger partial charge in [-0.2, -0.15) is 0 Å². The van der Waals surface area contributed by atoms with Gasteiger partial charge < -0.3 is 0 Å². The van der Waals surface area contributed by atoms with E-state index in [4.69, 9.17) is 0 Å². The molecule has 0 bridgehead atoms. The number of nitrogens with one attached hydrogen (secondary N) is 2. The normalized spacial score (nSPS) is 19.7. The summed E-state index contributed by atoms with van der Waals surface area (Å²) in [5.41, 5.74) is 4.67. The third-order valence-electron chi connectivity index (χ3n) is 7.77. The Morgan fingerprint density at radius 2 is 1.35 bits per heavy atom. The summed E-state index contributed by atoms with van der Waals surface area (Å²) in [6.07, 6.45) is 5.64. The third-order valence-corrected chi connectivity index (χ3v) is 11.0. The van der Waals surface area contributed by atoms with Crippen LogP contribution in [0.15, 0.2) is 48.5 Å². The van der Waals surface area contributed by atoms with Gasteiger partial charge in [0.1, 0.15) is 0 Å². The lowest BCUT2D eigenvalue weighted by atomic mass is 9.74. The van der Waals surface area contributed by atoms with Crippen LogP contribution in [0.2, 0.25) is 0 Å². The van der Waals surface area contributed by atoms with Gasteiger partial charge in [0, 0.05) is 13.1 Å². The van der Waals surface area contributed by atoms with E-state index >= 15 is 0 Å². The Bertz CT molecular complexity index is 1180. The predicted octanol–water partition coefficient (Wildman–Crippen LogP) is 4.94. The van der Waals surface area contributed by atoms with Crippen LogP contribution >= 0.6 is 0 Å². The van der Waals surface area contributed by atoms with E-state index in [2.05, 4.69) is 40.6 Å². The zero-order valence-electron chi connectivity index (χ0n) is 22.7. The summed E-state index contributed by atoms with van der Waals surface area (Å²) in [5, 5.41) is -0.400. The van der Waals surface area contributed by atoms with Gasteiger partial charge in [-0.1, -0.05) is 61.0 Å². The van der Waals surface area contributed by atoms with Crippen LogP contribution in [-0.2, 0) is 32.9 Å². The summed E-state index contributed by atoms with van der Waals surface area (Å²) in [5.74, 6) is 1.51. The first kappa shape index (κ1) is 29.8. The van der Waals surface area contributed by atoms with E-state index in [1.54, 1.807) is 13.8 Å². The van der Waals surface area contributed by atoms with Crippen molar-refractivity contribution in [3.63, 3.8) is 0 Å². The molecule has 3 rings (SSSR count). The summed E-state index contributed by atoms with van der Waals surface area (Å²) < 4.78 is 54.3. The first-order valence-corrected chi connectivity index (χ1v) is 16.8. The molecule has 206 valence electrons. The van der Waals surface area contributed by atoms with Crippen molar-refractivity contribution in [2.45, 2.75) is 77.4 Å². The Labute approximate surface area is 224 Å². The molecule has 0 radical (unpaired) electrons. The van der Waals surface area contributed by atoms with Crippen molar-refractivity contribution in [2.75, 3.05) is 18.8 Å². The van der Waals surface area contributed by atoms with Crippen molar-refractivity contribution < 1.29 is 16.8 Å². The molecule has 0 aliphatic heterocycles. The van der Waals surface area contributed by atoms with Gasteiger partial charge in [-0.25, -0.2) is 26.3 Å². The molecule has 2 N–H and O–H groups in total. The molecular weight excluding hydrogens is 504 g/mol. The average molecular weight is 549 g/mol. The standard InChI is InChI=1S/C29H44N2O4S2/c1-22(2)37(34,35)31-21-24(4)27-13-15-29(16-14-27)28-11-9-25(10-12-28)17-19-30-36(32,33)20-18-26-7-5-23(3)6-8-26/h5-12,22,24,27,29-31H,13-21H2,1-4H3. The SMILES string of the molecule is Cc1ccc(CCS(=O)(=O)NCCc2ccc(C3CCC(C(C)CNS(=O)(=O)C(C)C)CC3)cc2)cc1. The molecule has 0 spiro atoms. The second-order valence-electron chi connectivity index (χ2n) is 11.0. The molecule has 2 aromatic carbocycles. The van der Waals surface area contributed by atoms with Gasteiger partial charge in [0.2, 0.25) is 20.0 Å². The van der Waals surface area contributed by atoms with Crippen molar-refractivity contribution in [1.82, 2.24) is 9.44 Å². The van der Waals surface area contributed by atoms with Crippen LogP contribution in [0.25, 0.3) is 0 Å². The molecule has 6 nitrogen and oxygen atoms in total. The highest BCUT2D eigenvalue weighted by Crippen LogP contribution is 2.38. The maximum atomic E-state index is 12.4. The van der Waals surface area contributed by atoms with E-state index < -0.39 is 25.3 Å². The number of hydrogen-bond acceptors (Lipinski definition) is 4. The van der Waals surface area contributed by atoms with Gasteiger partial charge in [-0.3, -0.25) is 0 Å². The van der Waals surface area contributed by atoms with Gasteiger partial charge in [0.15, 0.2) is 0 Å². The third kappa shape index (κ3) is 9.50. The molecule has 1 fully saturated rings. The first-order valence-electron chi connectivity index (χ1n) is 13.6. The fourth-order valence-corrected chi connectivity index (χ4v) is 6.88. The predicted molar refractivity (Wildman–Crippen MR) is 153 cm³/mol. The lowest BCUT2D eigenvalue weighted by molar-refractivity contribution is 0.246. The molecule has 0 saturated heterocycles. The van der Waals surface area contributed by atoms with Crippen molar-refractivity contribution in [2.24, 2.45) is 11.8 Å². The minimum absolute atomic E-state index is 0.0971. The van der Waals surface area contributed by atoms with E-state index in [0.717, 1.165) is 36.8 Å². The van der Waals surface area contributed by atoms with Crippen LogP contribution in [-0.4, -0.2) is 40.9 Å². The highest BCUT2D eigenvalue weighted by Gasteiger charge is 2.27. The fourth-order valence-electron chi connectivity index (χ4n) is 4.99. The second kappa shape index (κ2) is 13.4. The van der Waals surface area contributed by atoms with E-state index in [9.17, 15) is 16.8 Å². The highest BCUT2D eigenvalue weighted by atomic mass is 32.2. The fraction of sp³-hybridized carbons (Fsp3) is 0.586. The van der Waals surface area contributed by atoms with Crippen LogP contribution in [0.3, 0.4) is 0 Å². The van der Waals surface area contributed by atoms with E-state index in [1.165, 1.54) is 11.1 Å². The Kier molecular flexibility index (Phi) is 10.8. The highest BCUT2D eigenvalue weighted by molar-refractivity contribution is 7.90. The lowest BCUT2D eigenvalue weighted by Crippen LogP contribution is -2.36. The summed E-state index contributed by atoms with van der Waals surface area (Å²) in [6, 6.07) is 16.6. The zero-order valence-corrected chi connectivity index (χ0v) is 24.4. The first-order chi connectivity index (χ1) is 17.4. The van der Waals surface area contributed by atoms with Gasteiger partial charge in [0.05, 0.1) is 11.0 Å². The summed E-state index contributed by atoms with van der Waals surface area (Å²) >= 11 is 0. The zero-order chi connectivity index (χ0) is 27.1. The number of rotatable bonds is 13. The monoisotopic (exact) mass is 548 g/mol. The molecular formula is C29H44N2O4S2. The Balaban J connectivity index is 1.39. The molecule has 2 aromatic rings. The lowest BCUT2D eigenvalue weighted by Gasteiger charge is -2.32. The minimum Gasteiger partial charge on any atom is -0.215 e. The van der Waals surface area contributed by atoms with Crippen LogP contribution in [0.4, 0.5) is 0 Å².